The molecule has 54 valence electrons. The number of carbonyl (C=O) groups is 1. The van der Waals surface area contributed by atoms with E-state index < -0.39 is 0 Å². The molecule has 0 saturated heterocycles. The molecule has 1 aromatic carbocycles. The molecule has 1 aliphatic rings. The van der Waals surface area contributed by atoms with E-state index >= 15 is 0 Å². The van der Waals surface area contributed by atoms with Crippen molar-refractivity contribution in [1.29, 1.82) is 0 Å². The number of para-hydroxylation sites is 1. The van der Waals surface area contributed by atoms with Crippen LogP contribution < -0.4 is 4.74 Å². The minimum absolute atomic E-state index is 0. The molecule has 0 aliphatic carbocycles. The number of ether oxygens (including phenoxy) is 1. The molecule has 0 aromatic heterocycles. The standard InChI is InChI=1S/C8H6O2.C/c9-8-5-6-3-1-2-4-7(6)10-8;/h1-4H,5H2;. The Kier molecular flexibility index (Phi) is 1.94. The van der Waals surface area contributed by atoms with Gasteiger partial charge in [0.2, 0.25) is 0 Å². The molecule has 0 bridgehead atoms. The van der Waals surface area contributed by atoms with Gasteiger partial charge in [-0.2, -0.15) is 0 Å². The Hall–Kier alpha value is -1.31. The number of fused-ring (bicyclic) bond motifs is 1. The molecule has 0 spiro atoms. The summed E-state index contributed by atoms with van der Waals surface area (Å²) in [6.07, 6.45) is 0.427. The van der Waals surface area contributed by atoms with E-state index in [4.69, 9.17) is 4.74 Å². The second kappa shape index (κ2) is 2.74. The highest BCUT2D eigenvalue weighted by molar-refractivity contribution is 5.80. The molecule has 0 saturated carbocycles. The molecular formula is C9H6O2. The summed E-state index contributed by atoms with van der Waals surface area (Å²) in [5, 5.41) is 0. The van der Waals surface area contributed by atoms with Crippen LogP contribution in [0.1, 0.15) is 5.56 Å². The predicted octanol–water partition coefficient (Wildman–Crippen LogP) is 1.23. The lowest BCUT2D eigenvalue weighted by molar-refractivity contribution is -0.131. The van der Waals surface area contributed by atoms with Gasteiger partial charge in [0.1, 0.15) is 5.75 Å². The fourth-order valence-corrected chi connectivity index (χ4v) is 1.06. The zero-order valence-electron chi connectivity index (χ0n) is 5.83. The Bertz CT molecular complexity index is 252. The third-order valence-corrected chi connectivity index (χ3v) is 1.53. The van der Waals surface area contributed by atoms with Gasteiger partial charge in [-0.3, -0.25) is 4.79 Å². The van der Waals surface area contributed by atoms with E-state index in [1.807, 2.05) is 18.2 Å². The predicted molar refractivity (Wildman–Crippen MR) is 39.0 cm³/mol. The minimum atomic E-state index is -0.152. The van der Waals surface area contributed by atoms with Crippen LogP contribution in [0.15, 0.2) is 24.3 Å². The van der Waals surface area contributed by atoms with Crippen molar-refractivity contribution < 1.29 is 9.53 Å². The van der Waals surface area contributed by atoms with Crippen LogP contribution >= 0.6 is 0 Å². The van der Waals surface area contributed by atoms with Gasteiger partial charge in [0.25, 0.3) is 0 Å². The van der Waals surface area contributed by atoms with E-state index in [0.29, 0.717) is 12.2 Å². The fraction of sp³-hybridized carbons (Fsp3) is 0.111. The lowest BCUT2D eigenvalue weighted by Crippen LogP contribution is -1.99. The average molecular weight is 146 g/mol. The SMILES string of the molecule is O=C1Cc2ccccc2O1.[C]. The van der Waals surface area contributed by atoms with Crippen LogP contribution in [0.4, 0.5) is 0 Å². The Labute approximate surface area is 65.8 Å². The van der Waals surface area contributed by atoms with Gasteiger partial charge in [-0.1, -0.05) is 18.2 Å². The van der Waals surface area contributed by atoms with Gasteiger partial charge in [0.05, 0.1) is 6.42 Å². The number of hydrogen-bond donors (Lipinski definition) is 0. The average Bonchev–Trinajstić information content (AvgIpc) is 2.27. The van der Waals surface area contributed by atoms with Crippen molar-refractivity contribution in [2.45, 2.75) is 6.42 Å². The molecule has 2 rings (SSSR count). The maximum Gasteiger partial charge on any atom is 0.315 e. The van der Waals surface area contributed by atoms with Gasteiger partial charge in [-0.05, 0) is 6.07 Å². The summed E-state index contributed by atoms with van der Waals surface area (Å²) < 4.78 is 4.87. The summed E-state index contributed by atoms with van der Waals surface area (Å²) in [4.78, 5) is 10.7. The molecular weight excluding hydrogens is 140 g/mol. The first-order chi connectivity index (χ1) is 4.86. The van der Waals surface area contributed by atoms with Crippen molar-refractivity contribution in [1.82, 2.24) is 0 Å². The lowest BCUT2D eigenvalue weighted by atomic mass is 10.2. The maximum atomic E-state index is 10.7. The lowest BCUT2D eigenvalue weighted by Gasteiger charge is -1.91. The Morgan fingerprint density at radius 2 is 2.00 bits per heavy atom. The Morgan fingerprint density at radius 3 is 2.73 bits per heavy atom. The van der Waals surface area contributed by atoms with E-state index in [1.165, 1.54) is 0 Å². The molecule has 1 aromatic rings. The normalized spacial score (nSPS) is 13.3. The van der Waals surface area contributed by atoms with Gasteiger partial charge in [0, 0.05) is 13.0 Å². The summed E-state index contributed by atoms with van der Waals surface area (Å²) in [6, 6.07) is 7.47. The zero-order valence-corrected chi connectivity index (χ0v) is 5.83. The number of hydrogen-bond acceptors (Lipinski definition) is 2. The largest absolute Gasteiger partial charge is 0.426 e. The molecule has 0 N–H and O–H groups in total. The zero-order chi connectivity index (χ0) is 6.97. The van der Waals surface area contributed by atoms with E-state index in [-0.39, 0.29) is 13.4 Å². The van der Waals surface area contributed by atoms with Crippen molar-refractivity contribution in [3.05, 3.63) is 37.3 Å². The topological polar surface area (TPSA) is 26.3 Å². The first kappa shape index (κ1) is 7.79. The highest BCUT2D eigenvalue weighted by Crippen LogP contribution is 2.24. The van der Waals surface area contributed by atoms with Gasteiger partial charge < -0.3 is 4.74 Å². The van der Waals surface area contributed by atoms with Crippen molar-refractivity contribution in [2.24, 2.45) is 0 Å². The third kappa shape index (κ3) is 1.24. The summed E-state index contributed by atoms with van der Waals surface area (Å²) >= 11 is 0. The van der Waals surface area contributed by atoms with Crippen molar-refractivity contribution in [3.8, 4) is 5.75 Å². The third-order valence-electron chi connectivity index (χ3n) is 1.53. The van der Waals surface area contributed by atoms with E-state index in [2.05, 4.69) is 0 Å². The molecule has 0 atom stereocenters. The summed E-state index contributed by atoms with van der Waals surface area (Å²) in [6.45, 7) is 0. The highest BCUT2D eigenvalue weighted by Gasteiger charge is 2.18. The minimum Gasteiger partial charge on any atom is -0.426 e. The van der Waals surface area contributed by atoms with E-state index in [0.717, 1.165) is 5.56 Å². The summed E-state index contributed by atoms with van der Waals surface area (Å²) in [5.41, 5.74) is 0.993. The van der Waals surface area contributed by atoms with Gasteiger partial charge in [0.15, 0.2) is 0 Å². The summed E-state index contributed by atoms with van der Waals surface area (Å²) in [7, 11) is 0. The molecule has 1 heterocycles. The van der Waals surface area contributed by atoms with Crippen LogP contribution in [-0.4, -0.2) is 5.97 Å². The van der Waals surface area contributed by atoms with Crippen LogP contribution in [0.25, 0.3) is 0 Å². The Balaban J connectivity index is 0.000000605. The molecule has 0 amide bonds. The first-order valence-electron chi connectivity index (χ1n) is 3.15. The number of esters is 1. The monoisotopic (exact) mass is 146 g/mol. The van der Waals surface area contributed by atoms with Crippen LogP contribution in [-0.2, 0) is 11.2 Å². The van der Waals surface area contributed by atoms with Gasteiger partial charge >= 0.3 is 5.97 Å². The molecule has 2 heteroatoms. The highest BCUT2D eigenvalue weighted by atomic mass is 16.5. The second-order valence-electron chi connectivity index (χ2n) is 2.26. The summed E-state index contributed by atoms with van der Waals surface area (Å²) in [5.74, 6) is 0.564. The molecule has 1 aliphatic heterocycles. The van der Waals surface area contributed by atoms with Gasteiger partial charge in [-0.25, -0.2) is 0 Å². The van der Waals surface area contributed by atoms with Crippen LogP contribution in [0.2, 0.25) is 0 Å². The molecule has 0 fully saturated rings. The number of carbonyl (C=O) groups excluding carboxylic acids is 1. The quantitative estimate of drug-likeness (QED) is 0.406. The smallest absolute Gasteiger partial charge is 0.315 e. The van der Waals surface area contributed by atoms with Crippen molar-refractivity contribution in [3.63, 3.8) is 0 Å². The van der Waals surface area contributed by atoms with E-state index in [9.17, 15) is 4.79 Å². The maximum absolute atomic E-state index is 10.7. The molecule has 2 nitrogen and oxygen atoms in total. The number of benzene rings is 1. The number of rotatable bonds is 0. The molecule has 0 unspecified atom stereocenters. The van der Waals surface area contributed by atoms with Crippen LogP contribution in [0.5, 0.6) is 5.75 Å². The van der Waals surface area contributed by atoms with E-state index in [1.54, 1.807) is 6.07 Å². The van der Waals surface area contributed by atoms with Gasteiger partial charge in [-0.15, -0.1) is 0 Å². The second-order valence-corrected chi connectivity index (χ2v) is 2.26. The first-order valence-corrected chi connectivity index (χ1v) is 3.15. The molecule has 11 heavy (non-hydrogen) atoms. The fourth-order valence-electron chi connectivity index (χ4n) is 1.06. The Morgan fingerprint density at radius 1 is 1.27 bits per heavy atom. The van der Waals surface area contributed by atoms with Crippen molar-refractivity contribution in [2.75, 3.05) is 0 Å². The van der Waals surface area contributed by atoms with Crippen LogP contribution in [0, 0.1) is 7.43 Å². The van der Waals surface area contributed by atoms with Crippen LogP contribution in [0.3, 0.4) is 0 Å². The van der Waals surface area contributed by atoms with Crippen molar-refractivity contribution >= 4 is 5.97 Å². The molecule has 4 radical (unpaired) electrons.